The summed E-state index contributed by atoms with van der Waals surface area (Å²) in [5.41, 5.74) is -0.106. The highest BCUT2D eigenvalue weighted by Crippen LogP contribution is 2.35. The van der Waals surface area contributed by atoms with Gasteiger partial charge in [-0.2, -0.15) is 4.68 Å². The highest BCUT2D eigenvalue weighted by atomic mass is 35.5. The molecule has 1 aromatic carbocycles. The van der Waals surface area contributed by atoms with Crippen LogP contribution >= 0.6 is 23.4 Å². The first kappa shape index (κ1) is 30.8. The molecule has 0 aliphatic heterocycles. The quantitative estimate of drug-likeness (QED) is 0.113. The summed E-state index contributed by atoms with van der Waals surface area (Å²) < 4.78 is 6.71. The summed E-state index contributed by atoms with van der Waals surface area (Å²) in [6, 6.07) is 6.23. The molecule has 3 atom stereocenters. The summed E-state index contributed by atoms with van der Waals surface area (Å²) in [4.78, 5) is 35.9. The normalized spacial score (nSPS) is 14.1. The fraction of sp³-hybridized carbons (Fsp3) is 0.615. The molecule has 3 unspecified atom stereocenters. The first-order valence-electron chi connectivity index (χ1n) is 12.6. The Hall–Kier alpha value is -2.46. The second kappa shape index (κ2) is 15.1. The van der Waals surface area contributed by atoms with Gasteiger partial charge >= 0.3 is 5.97 Å². The van der Waals surface area contributed by atoms with Crippen molar-refractivity contribution < 1.29 is 24.2 Å². The Bertz CT molecular complexity index is 1030. The van der Waals surface area contributed by atoms with Crippen molar-refractivity contribution >= 4 is 41.6 Å². The van der Waals surface area contributed by atoms with Crippen LogP contribution in [0.3, 0.4) is 0 Å². The molecule has 9 nitrogen and oxygen atoms in total. The molecule has 2 aromatic rings. The van der Waals surface area contributed by atoms with Gasteiger partial charge in [-0.25, -0.2) is 4.79 Å². The third-order valence-corrected chi connectivity index (χ3v) is 7.86. The number of carbonyl (C=O) groups excluding carboxylic acids is 2. The molecule has 2 rings (SSSR count). The number of aromatic nitrogens is 4. The van der Waals surface area contributed by atoms with Gasteiger partial charge in [-0.05, 0) is 54.3 Å². The monoisotopic (exact) mass is 552 g/mol. The number of carboxylic acid groups (broad SMARTS) is 1. The fourth-order valence-electron chi connectivity index (χ4n) is 3.85. The van der Waals surface area contributed by atoms with Crippen LogP contribution in [0.5, 0.6) is 0 Å². The maximum absolute atomic E-state index is 13.4. The number of ether oxygens (including phenoxy) is 1. The zero-order valence-electron chi connectivity index (χ0n) is 21.9. The summed E-state index contributed by atoms with van der Waals surface area (Å²) >= 11 is 7.99. The van der Waals surface area contributed by atoms with Crippen molar-refractivity contribution in [2.24, 2.45) is 5.41 Å². The van der Waals surface area contributed by atoms with Crippen molar-refractivity contribution in [1.29, 1.82) is 0 Å². The molecule has 0 aliphatic carbocycles. The molecule has 0 amide bonds. The van der Waals surface area contributed by atoms with E-state index in [-0.39, 0.29) is 17.5 Å². The standard InChI is InChI=1S/C26H37ClN4O5S/c1-5-6-7-8-9-13-20(36-17-32)14-15-21(27)22(23(33)26(2,3)4)37-25-28-29-30-31(25)19-12-10-11-18(16-19)24(34)35/h10-12,16-17,20-22H,5-9,13-15H2,1-4H3,(H,34,35). The van der Waals surface area contributed by atoms with Gasteiger partial charge in [0.15, 0.2) is 5.78 Å². The van der Waals surface area contributed by atoms with E-state index < -0.39 is 22.0 Å². The van der Waals surface area contributed by atoms with Gasteiger partial charge in [0.1, 0.15) is 6.10 Å². The minimum atomic E-state index is -1.07. The molecule has 0 saturated carbocycles. The molecule has 1 heterocycles. The molecule has 0 spiro atoms. The van der Waals surface area contributed by atoms with Crippen LogP contribution in [0, 0.1) is 5.41 Å². The van der Waals surface area contributed by atoms with Crippen LogP contribution in [-0.4, -0.2) is 60.3 Å². The van der Waals surface area contributed by atoms with E-state index in [1.807, 2.05) is 20.8 Å². The topological polar surface area (TPSA) is 124 Å². The van der Waals surface area contributed by atoms with Crippen LogP contribution in [0.4, 0.5) is 0 Å². The zero-order chi connectivity index (χ0) is 27.4. The van der Waals surface area contributed by atoms with Gasteiger partial charge in [0.2, 0.25) is 5.16 Å². The lowest BCUT2D eigenvalue weighted by Crippen LogP contribution is -2.37. The van der Waals surface area contributed by atoms with Crippen LogP contribution in [0.25, 0.3) is 5.69 Å². The fourth-order valence-corrected chi connectivity index (χ4v) is 5.54. The lowest BCUT2D eigenvalue weighted by molar-refractivity contribution is -0.134. The molecule has 0 bridgehead atoms. The van der Waals surface area contributed by atoms with Crippen molar-refractivity contribution in [2.45, 2.75) is 101 Å². The van der Waals surface area contributed by atoms with Crippen molar-refractivity contribution in [3.63, 3.8) is 0 Å². The number of halogens is 1. The second-order valence-corrected chi connectivity index (χ2v) is 11.7. The minimum absolute atomic E-state index is 0.0567. The number of rotatable bonds is 17. The van der Waals surface area contributed by atoms with Crippen LogP contribution in [0.2, 0.25) is 0 Å². The van der Waals surface area contributed by atoms with Gasteiger partial charge in [-0.15, -0.1) is 16.7 Å². The summed E-state index contributed by atoms with van der Waals surface area (Å²) in [6.07, 6.45) is 7.08. The number of alkyl halides is 1. The molecule has 11 heteroatoms. The Balaban J connectivity index is 2.18. The summed E-state index contributed by atoms with van der Waals surface area (Å²) in [6.45, 7) is 8.14. The second-order valence-electron chi connectivity index (χ2n) is 10.0. The molecule has 1 N–H and O–H groups in total. The first-order chi connectivity index (χ1) is 17.6. The lowest BCUT2D eigenvalue weighted by Gasteiger charge is -2.27. The van der Waals surface area contributed by atoms with Crippen molar-refractivity contribution in [1.82, 2.24) is 20.2 Å². The third kappa shape index (κ3) is 9.74. The average molecular weight is 553 g/mol. The van der Waals surface area contributed by atoms with E-state index in [0.29, 0.717) is 30.2 Å². The summed E-state index contributed by atoms with van der Waals surface area (Å²) in [5.74, 6) is -1.12. The molecule has 0 aliphatic rings. The molecule has 1 aromatic heterocycles. The molecule has 0 saturated heterocycles. The van der Waals surface area contributed by atoms with E-state index in [1.54, 1.807) is 12.1 Å². The highest BCUT2D eigenvalue weighted by molar-refractivity contribution is 8.00. The number of aromatic carboxylic acids is 1. The van der Waals surface area contributed by atoms with Gasteiger partial charge < -0.3 is 9.84 Å². The predicted molar refractivity (Wildman–Crippen MR) is 143 cm³/mol. The van der Waals surface area contributed by atoms with Gasteiger partial charge in [0.05, 0.1) is 21.9 Å². The Morgan fingerprint density at radius 3 is 2.54 bits per heavy atom. The number of tetrazole rings is 1. The molecular formula is C26H37ClN4O5S. The number of thioether (sulfide) groups is 1. The number of nitrogens with zero attached hydrogens (tertiary/aromatic N) is 4. The molecule has 37 heavy (non-hydrogen) atoms. The number of ketones is 1. The highest BCUT2D eigenvalue weighted by Gasteiger charge is 2.37. The van der Waals surface area contributed by atoms with E-state index in [4.69, 9.17) is 16.3 Å². The lowest BCUT2D eigenvalue weighted by atomic mass is 9.87. The number of carboxylic acids is 1. The van der Waals surface area contributed by atoms with Crippen LogP contribution in [-0.2, 0) is 14.3 Å². The molecule has 204 valence electrons. The average Bonchev–Trinajstić information content (AvgIpc) is 3.32. The van der Waals surface area contributed by atoms with E-state index in [9.17, 15) is 19.5 Å². The Labute approximate surface area is 227 Å². The number of Topliss-reactive ketones (excluding diaryl/α,β-unsaturated/α-hetero) is 1. The predicted octanol–water partition coefficient (Wildman–Crippen LogP) is 5.73. The van der Waals surface area contributed by atoms with E-state index in [2.05, 4.69) is 22.4 Å². The van der Waals surface area contributed by atoms with Crippen molar-refractivity contribution in [2.75, 3.05) is 0 Å². The third-order valence-electron chi connectivity index (χ3n) is 5.98. The van der Waals surface area contributed by atoms with Gasteiger partial charge in [-0.1, -0.05) is 71.2 Å². The largest absolute Gasteiger partial charge is 0.478 e. The molecule has 0 fully saturated rings. The Morgan fingerprint density at radius 2 is 1.89 bits per heavy atom. The minimum Gasteiger partial charge on any atom is -0.478 e. The summed E-state index contributed by atoms with van der Waals surface area (Å²) in [5, 5.41) is 20.2. The van der Waals surface area contributed by atoms with E-state index in [0.717, 1.165) is 43.9 Å². The number of carbonyl (C=O) groups is 3. The van der Waals surface area contributed by atoms with Crippen molar-refractivity contribution in [3.8, 4) is 5.69 Å². The smallest absolute Gasteiger partial charge is 0.335 e. The number of unbranched alkanes of at least 4 members (excludes halogenated alkanes) is 4. The molecular weight excluding hydrogens is 516 g/mol. The van der Waals surface area contributed by atoms with E-state index >= 15 is 0 Å². The van der Waals surface area contributed by atoms with Gasteiger partial charge in [0.25, 0.3) is 6.47 Å². The Kier molecular flexibility index (Phi) is 12.5. The van der Waals surface area contributed by atoms with Crippen LogP contribution in [0.1, 0.15) is 89.4 Å². The van der Waals surface area contributed by atoms with Crippen molar-refractivity contribution in [3.05, 3.63) is 29.8 Å². The Morgan fingerprint density at radius 1 is 1.16 bits per heavy atom. The summed E-state index contributed by atoms with van der Waals surface area (Å²) in [7, 11) is 0. The van der Waals surface area contributed by atoms with Crippen LogP contribution in [0.15, 0.2) is 29.4 Å². The SMILES string of the molecule is CCCCCCCC(CCC(Cl)C(Sc1nnnn1-c1cccc(C(=O)O)c1)C(=O)C(C)(C)C)OC=O. The maximum Gasteiger partial charge on any atom is 0.335 e. The molecule has 0 radical (unpaired) electrons. The number of hydrogen-bond donors (Lipinski definition) is 1. The van der Waals surface area contributed by atoms with Crippen LogP contribution < -0.4 is 0 Å². The van der Waals surface area contributed by atoms with E-state index in [1.165, 1.54) is 23.2 Å². The number of hydrogen-bond acceptors (Lipinski definition) is 8. The van der Waals surface area contributed by atoms with Gasteiger partial charge in [0, 0.05) is 5.41 Å². The zero-order valence-corrected chi connectivity index (χ0v) is 23.5. The maximum atomic E-state index is 13.4. The van der Waals surface area contributed by atoms with Gasteiger partial charge in [-0.3, -0.25) is 9.59 Å². The first-order valence-corrected chi connectivity index (χ1v) is 14.0. The number of benzene rings is 1.